The van der Waals surface area contributed by atoms with E-state index in [0.717, 1.165) is 22.8 Å². The second kappa shape index (κ2) is 10.1. The van der Waals surface area contributed by atoms with Gasteiger partial charge in [0.05, 0.1) is 28.5 Å². The molecule has 9 heteroatoms. The van der Waals surface area contributed by atoms with Crippen molar-refractivity contribution in [2.24, 2.45) is 0 Å². The van der Waals surface area contributed by atoms with Gasteiger partial charge in [0.15, 0.2) is 5.11 Å². The summed E-state index contributed by atoms with van der Waals surface area (Å²) in [6.07, 6.45) is 3.68. The number of para-hydroxylation sites is 1. The van der Waals surface area contributed by atoms with Gasteiger partial charge in [0, 0.05) is 28.8 Å². The third kappa shape index (κ3) is 4.89. The van der Waals surface area contributed by atoms with Crippen LogP contribution in [0.1, 0.15) is 23.5 Å². The van der Waals surface area contributed by atoms with Crippen molar-refractivity contribution in [3.05, 3.63) is 113 Å². The standard InChI is InChI=1S/C26H21Cl2N5OS/c27-17-11-12-21(19(28)15-17)32-14-6-10-22(32)25-24(20-9-4-5-13-29-20)31-26(35)33(25)16-23(34)30-18-7-2-1-3-8-18/h1-15,24-25H,16H2,(H,30,34)(H,31,35). The molecule has 3 heterocycles. The Hall–Kier alpha value is -3.39. The number of amides is 1. The summed E-state index contributed by atoms with van der Waals surface area (Å²) in [6.45, 7) is 0.0637. The van der Waals surface area contributed by atoms with Crippen LogP contribution in [-0.4, -0.2) is 32.0 Å². The maximum Gasteiger partial charge on any atom is 0.244 e. The lowest BCUT2D eigenvalue weighted by Gasteiger charge is -2.28. The molecule has 2 unspecified atom stereocenters. The Labute approximate surface area is 218 Å². The number of nitrogens with zero attached hydrogens (tertiary/aromatic N) is 3. The molecule has 1 aliphatic heterocycles. The maximum atomic E-state index is 13.0. The highest BCUT2D eigenvalue weighted by molar-refractivity contribution is 7.80. The van der Waals surface area contributed by atoms with Gasteiger partial charge in [0.2, 0.25) is 5.91 Å². The van der Waals surface area contributed by atoms with Gasteiger partial charge in [-0.15, -0.1) is 0 Å². The summed E-state index contributed by atoms with van der Waals surface area (Å²) in [6, 6.07) is 23.8. The van der Waals surface area contributed by atoms with Gasteiger partial charge < -0.3 is 20.1 Å². The summed E-state index contributed by atoms with van der Waals surface area (Å²) in [4.78, 5) is 19.5. The minimum atomic E-state index is -0.319. The zero-order valence-electron chi connectivity index (χ0n) is 18.4. The number of halogens is 2. The van der Waals surface area contributed by atoms with Crippen molar-refractivity contribution in [1.29, 1.82) is 0 Å². The fraction of sp³-hybridized carbons (Fsp3) is 0.115. The lowest BCUT2D eigenvalue weighted by Crippen LogP contribution is -2.37. The van der Waals surface area contributed by atoms with Crippen LogP contribution in [0, 0.1) is 0 Å². The second-order valence-electron chi connectivity index (χ2n) is 8.07. The zero-order chi connectivity index (χ0) is 24.4. The molecule has 2 N–H and O–H groups in total. The highest BCUT2D eigenvalue weighted by atomic mass is 35.5. The van der Waals surface area contributed by atoms with E-state index in [4.69, 9.17) is 35.4 Å². The largest absolute Gasteiger partial charge is 0.352 e. The highest BCUT2D eigenvalue weighted by Gasteiger charge is 2.42. The molecule has 0 saturated carbocycles. The van der Waals surface area contributed by atoms with Crippen LogP contribution in [0.3, 0.4) is 0 Å². The number of nitrogens with one attached hydrogen (secondary N) is 2. The Morgan fingerprint density at radius 3 is 2.57 bits per heavy atom. The molecule has 0 aliphatic carbocycles. The molecule has 35 heavy (non-hydrogen) atoms. The molecule has 6 nitrogen and oxygen atoms in total. The van der Waals surface area contributed by atoms with Crippen LogP contribution >= 0.6 is 35.4 Å². The van der Waals surface area contributed by atoms with Crippen molar-refractivity contribution in [3.8, 4) is 5.69 Å². The van der Waals surface area contributed by atoms with Gasteiger partial charge in [-0.05, 0) is 66.8 Å². The predicted molar refractivity (Wildman–Crippen MR) is 143 cm³/mol. The smallest absolute Gasteiger partial charge is 0.244 e. The molecular formula is C26H21Cl2N5OS. The third-order valence-corrected chi connectivity index (χ3v) is 6.71. The van der Waals surface area contributed by atoms with Gasteiger partial charge in [0.25, 0.3) is 0 Å². The van der Waals surface area contributed by atoms with Crippen molar-refractivity contribution in [2.45, 2.75) is 12.1 Å². The van der Waals surface area contributed by atoms with Gasteiger partial charge in [-0.2, -0.15) is 0 Å². The monoisotopic (exact) mass is 521 g/mol. The van der Waals surface area contributed by atoms with Crippen molar-refractivity contribution >= 4 is 52.1 Å². The van der Waals surface area contributed by atoms with Crippen molar-refractivity contribution in [1.82, 2.24) is 19.8 Å². The van der Waals surface area contributed by atoms with Gasteiger partial charge in [0.1, 0.15) is 6.54 Å². The Bertz CT molecular complexity index is 1360. The summed E-state index contributed by atoms with van der Waals surface area (Å²) in [5.41, 5.74) is 3.23. The van der Waals surface area contributed by atoms with E-state index in [1.165, 1.54) is 0 Å². The molecule has 5 rings (SSSR count). The van der Waals surface area contributed by atoms with Crippen molar-refractivity contribution < 1.29 is 4.79 Å². The number of aromatic nitrogens is 2. The van der Waals surface area contributed by atoms with Gasteiger partial charge in [-0.3, -0.25) is 9.78 Å². The average Bonchev–Trinajstić information content (AvgIpc) is 3.45. The summed E-state index contributed by atoms with van der Waals surface area (Å²) < 4.78 is 2.00. The van der Waals surface area contributed by atoms with Crippen LogP contribution in [0.4, 0.5) is 5.69 Å². The molecule has 176 valence electrons. The molecular weight excluding hydrogens is 501 g/mol. The van der Waals surface area contributed by atoms with Crippen molar-refractivity contribution in [3.63, 3.8) is 0 Å². The van der Waals surface area contributed by atoms with Crippen LogP contribution in [0.15, 0.2) is 91.3 Å². The van der Waals surface area contributed by atoms with Gasteiger partial charge in [-0.25, -0.2) is 0 Å². The second-order valence-corrected chi connectivity index (χ2v) is 9.30. The number of thiocarbonyl (C=S) groups is 1. The zero-order valence-corrected chi connectivity index (χ0v) is 20.8. The molecule has 2 atom stereocenters. The molecule has 4 aromatic rings. The first-order valence-corrected chi connectivity index (χ1v) is 12.1. The SMILES string of the molecule is O=C(CN1C(=S)NC(c2ccccn2)C1c1cccn1-c1ccc(Cl)cc1Cl)Nc1ccccc1. The van der Waals surface area contributed by atoms with E-state index in [0.29, 0.717) is 15.2 Å². The van der Waals surface area contributed by atoms with E-state index < -0.39 is 0 Å². The summed E-state index contributed by atoms with van der Waals surface area (Å²) in [5.74, 6) is -0.172. The molecule has 0 spiro atoms. The van der Waals surface area contributed by atoms with E-state index in [1.54, 1.807) is 18.3 Å². The van der Waals surface area contributed by atoms with E-state index in [1.807, 2.05) is 82.4 Å². The van der Waals surface area contributed by atoms with Crippen LogP contribution in [0.5, 0.6) is 0 Å². The Morgan fingerprint density at radius 1 is 1.03 bits per heavy atom. The lowest BCUT2D eigenvalue weighted by atomic mass is 10.0. The topological polar surface area (TPSA) is 62.2 Å². The van der Waals surface area contributed by atoms with E-state index in [-0.39, 0.29) is 24.5 Å². The van der Waals surface area contributed by atoms with Crippen LogP contribution in [-0.2, 0) is 4.79 Å². The molecule has 0 radical (unpaired) electrons. The number of carbonyl (C=O) groups excluding carboxylic acids is 1. The van der Waals surface area contributed by atoms with E-state index in [2.05, 4.69) is 15.6 Å². The predicted octanol–water partition coefficient (Wildman–Crippen LogP) is 5.79. The number of carbonyl (C=O) groups is 1. The minimum Gasteiger partial charge on any atom is -0.352 e. The molecule has 2 aromatic carbocycles. The Morgan fingerprint density at radius 2 is 1.83 bits per heavy atom. The minimum absolute atomic E-state index is 0.0637. The van der Waals surface area contributed by atoms with Gasteiger partial charge >= 0.3 is 0 Å². The maximum absolute atomic E-state index is 13.0. The molecule has 1 fully saturated rings. The number of hydrogen-bond acceptors (Lipinski definition) is 3. The number of hydrogen-bond donors (Lipinski definition) is 2. The molecule has 2 aromatic heterocycles. The molecule has 1 saturated heterocycles. The third-order valence-electron chi connectivity index (χ3n) is 5.82. The Balaban J connectivity index is 1.53. The fourth-order valence-corrected chi connectivity index (χ4v) is 5.11. The average molecular weight is 522 g/mol. The lowest BCUT2D eigenvalue weighted by molar-refractivity contribution is -0.116. The van der Waals surface area contributed by atoms with E-state index in [9.17, 15) is 4.79 Å². The molecule has 1 aliphatic rings. The number of rotatable bonds is 6. The van der Waals surface area contributed by atoms with E-state index >= 15 is 0 Å². The number of pyridine rings is 1. The fourth-order valence-electron chi connectivity index (χ4n) is 4.31. The van der Waals surface area contributed by atoms with Gasteiger partial charge in [-0.1, -0.05) is 47.5 Å². The first-order valence-electron chi connectivity index (χ1n) is 11.0. The first kappa shape index (κ1) is 23.4. The van der Waals surface area contributed by atoms with Crippen LogP contribution < -0.4 is 10.6 Å². The molecule has 1 amide bonds. The Kier molecular flexibility index (Phi) is 6.72. The highest BCUT2D eigenvalue weighted by Crippen LogP contribution is 2.40. The quantitative estimate of drug-likeness (QED) is 0.314. The van der Waals surface area contributed by atoms with Crippen molar-refractivity contribution in [2.75, 3.05) is 11.9 Å². The first-order chi connectivity index (χ1) is 17.0. The van der Waals surface area contributed by atoms with Crippen LogP contribution in [0.2, 0.25) is 10.0 Å². The summed E-state index contributed by atoms with van der Waals surface area (Å²) in [5, 5.41) is 7.88. The number of anilines is 1. The summed E-state index contributed by atoms with van der Waals surface area (Å²) in [7, 11) is 0. The van der Waals surface area contributed by atoms with Crippen LogP contribution in [0.25, 0.3) is 5.69 Å². The normalized spacial score (nSPS) is 17.3. The summed E-state index contributed by atoms with van der Waals surface area (Å²) >= 11 is 18.4. The number of benzene rings is 2. The molecule has 0 bridgehead atoms.